The Bertz CT molecular complexity index is 705. The topological polar surface area (TPSA) is 50.4 Å². The number of rotatable bonds is 7. The van der Waals surface area contributed by atoms with Crippen LogP contribution < -0.4 is 15.4 Å². The van der Waals surface area contributed by atoms with Gasteiger partial charge in [0.1, 0.15) is 5.75 Å². The van der Waals surface area contributed by atoms with Gasteiger partial charge in [-0.25, -0.2) is 0 Å². The van der Waals surface area contributed by atoms with E-state index >= 15 is 0 Å². The summed E-state index contributed by atoms with van der Waals surface area (Å²) >= 11 is 12.0. The Morgan fingerprint density at radius 2 is 1.88 bits per heavy atom. The summed E-state index contributed by atoms with van der Waals surface area (Å²) in [6, 6.07) is 12.4. The van der Waals surface area contributed by atoms with Crippen molar-refractivity contribution in [3.63, 3.8) is 0 Å². The lowest BCUT2D eigenvalue weighted by molar-refractivity contribution is -0.114. The van der Waals surface area contributed by atoms with Gasteiger partial charge in [-0.3, -0.25) is 4.79 Å². The summed E-state index contributed by atoms with van der Waals surface area (Å²) < 4.78 is 5.72. The van der Waals surface area contributed by atoms with Gasteiger partial charge >= 0.3 is 0 Å². The zero-order chi connectivity index (χ0) is 17.5. The van der Waals surface area contributed by atoms with Gasteiger partial charge in [-0.2, -0.15) is 0 Å². The number of hydrogen-bond donors (Lipinski definition) is 2. The molecule has 1 amide bonds. The predicted octanol–water partition coefficient (Wildman–Crippen LogP) is 5.08. The molecule has 0 unspecified atom stereocenters. The molecule has 4 nitrogen and oxygen atoms in total. The number of nitrogens with one attached hydrogen (secondary N) is 2. The molecule has 2 rings (SSSR count). The minimum atomic E-state index is -0.202. The molecular formula is C18H20Cl2N2O2. The number of para-hydroxylation sites is 2. The van der Waals surface area contributed by atoms with Gasteiger partial charge < -0.3 is 15.4 Å². The number of benzene rings is 2. The summed E-state index contributed by atoms with van der Waals surface area (Å²) in [6.07, 6.45) is 0. The molecule has 0 heterocycles. The highest BCUT2D eigenvalue weighted by molar-refractivity contribution is 6.35. The molecule has 0 aliphatic heterocycles. The van der Waals surface area contributed by atoms with Crippen molar-refractivity contribution in [1.29, 1.82) is 0 Å². The number of carbonyl (C=O) groups excluding carboxylic acids is 1. The molecule has 0 aliphatic carbocycles. The van der Waals surface area contributed by atoms with Crippen LogP contribution in [0.4, 0.5) is 11.4 Å². The first-order chi connectivity index (χ1) is 11.5. The van der Waals surface area contributed by atoms with Gasteiger partial charge in [0.05, 0.1) is 29.5 Å². The highest BCUT2D eigenvalue weighted by Gasteiger charge is 2.09. The van der Waals surface area contributed by atoms with Crippen molar-refractivity contribution in [3.8, 4) is 5.75 Å². The lowest BCUT2D eigenvalue weighted by Gasteiger charge is -2.14. The Labute approximate surface area is 152 Å². The second-order valence-electron chi connectivity index (χ2n) is 5.73. The number of carbonyl (C=O) groups is 1. The summed E-state index contributed by atoms with van der Waals surface area (Å²) in [5, 5.41) is 6.87. The summed E-state index contributed by atoms with van der Waals surface area (Å²) in [6.45, 7) is 4.79. The maximum atomic E-state index is 12.2. The standard InChI is InChI=1S/C18H20Cl2N2O2/c1-12(2)11-24-17-6-4-3-5-15(17)22-18(23)10-21-16-9-13(19)7-8-14(16)20/h3-9,12,21H,10-11H2,1-2H3,(H,22,23). The van der Waals surface area contributed by atoms with Crippen LogP contribution in [0.3, 0.4) is 0 Å². The summed E-state index contributed by atoms with van der Waals surface area (Å²) in [7, 11) is 0. The van der Waals surface area contributed by atoms with Crippen molar-refractivity contribution in [2.45, 2.75) is 13.8 Å². The van der Waals surface area contributed by atoms with Crippen LogP contribution in [-0.4, -0.2) is 19.1 Å². The molecule has 0 spiro atoms. The van der Waals surface area contributed by atoms with E-state index in [0.717, 1.165) is 0 Å². The maximum absolute atomic E-state index is 12.2. The Morgan fingerprint density at radius 3 is 2.62 bits per heavy atom. The average molecular weight is 367 g/mol. The lowest BCUT2D eigenvalue weighted by Crippen LogP contribution is -2.22. The fourth-order valence-corrected chi connectivity index (χ4v) is 2.31. The van der Waals surface area contributed by atoms with Gasteiger partial charge in [0.2, 0.25) is 5.91 Å². The van der Waals surface area contributed by atoms with Gasteiger partial charge in [0.15, 0.2) is 0 Å². The Hall–Kier alpha value is -1.91. The first kappa shape index (κ1) is 18.4. The second-order valence-corrected chi connectivity index (χ2v) is 6.57. The summed E-state index contributed by atoms with van der Waals surface area (Å²) in [5.74, 6) is 0.854. The third-order valence-electron chi connectivity index (χ3n) is 3.10. The van der Waals surface area contributed by atoms with Crippen LogP contribution in [0.25, 0.3) is 0 Å². The van der Waals surface area contributed by atoms with Gasteiger partial charge in [-0.15, -0.1) is 0 Å². The largest absolute Gasteiger partial charge is 0.491 e. The van der Waals surface area contributed by atoms with Crippen LogP contribution in [0.5, 0.6) is 5.75 Å². The zero-order valence-corrected chi connectivity index (χ0v) is 15.1. The number of halogens is 2. The number of amides is 1. The molecule has 24 heavy (non-hydrogen) atoms. The molecule has 0 atom stereocenters. The van der Waals surface area contributed by atoms with E-state index in [4.69, 9.17) is 27.9 Å². The van der Waals surface area contributed by atoms with Crippen molar-refractivity contribution >= 4 is 40.5 Å². The van der Waals surface area contributed by atoms with Crippen LogP contribution in [-0.2, 0) is 4.79 Å². The quantitative estimate of drug-likeness (QED) is 0.718. The molecule has 2 N–H and O–H groups in total. The van der Waals surface area contributed by atoms with Crippen molar-refractivity contribution in [1.82, 2.24) is 0 Å². The van der Waals surface area contributed by atoms with Crippen LogP contribution in [0.2, 0.25) is 10.0 Å². The van der Waals surface area contributed by atoms with Gasteiger partial charge in [0.25, 0.3) is 0 Å². The van der Waals surface area contributed by atoms with Gasteiger partial charge in [-0.1, -0.05) is 49.2 Å². The molecule has 2 aromatic carbocycles. The van der Waals surface area contributed by atoms with E-state index in [-0.39, 0.29) is 12.5 Å². The zero-order valence-electron chi connectivity index (χ0n) is 13.6. The van der Waals surface area contributed by atoms with E-state index in [0.29, 0.717) is 39.7 Å². The molecule has 2 aromatic rings. The molecule has 128 valence electrons. The number of ether oxygens (including phenoxy) is 1. The second kappa shape index (κ2) is 8.81. The first-order valence-electron chi connectivity index (χ1n) is 7.66. The average Bonchev–Trinajstić information content (AvgIpc) is 2.55. The predicted molar refractivity (Wildman–Crippen MR) is 100 cm³/mol. The molecule has 6 heteroatoms. The Balaban J connectivity index is 1.96. The third-order valence-corrected chi connectivity index (χ3v) is 3.67. The number of anilines is 2. The van der Waals surface area contributed by atoms with Gasteiger partial charge in [-0.05, 0) is 36.2 Å². The highest BCUT2D eigenvalue weighted by atomic mass is 35.5. The maximum Gasteiger partial charge on any atom is 0.243 e. The molecule has 0 bridgehead atoms. The molecular weight excluding hydrogens is 347 g/mol. The van der Waals surface area contributed by atoms with Crippen molar-refractivity contribution in [2.75, 3.05) is 23.8 Å². The van der Waals surface area contributed by atoms with Crippen LogP contribution >= 0.6 is 23.2 Å². The van der Waals surface area contributed by atoms with Crippen LogP contribution in [0, 0.1) is 5.92 Å². The fourth-order valence-electron chi connectivity index (χ4n) is 1.96. The van der Waals surface area contributed by atoms with E-state index < -0.39 is 0 Å². The SMILES string of the molecule is CC(C)COc1ccccc1NC(=O)CNc1cc(Cl)ccc1Cl. The Morgan fingerprint density at radius 1 is 1.12 bits per heavy atom. The molecule has 0 saturated heterocycles. The molecule has 0 saturated carbocycles. The molecule has 0 aliphatic rings. The molecule has 0 fully saturated rings. The summed E-state index contributed by atoms with van der Waals surface area (Å²) in [5.41, 5.74) is 1.26. The number of hydrogen-bond acceptors (Lipinski definition) is 3. The van der Waals surface area contributed by atoms with E-state index in [2.05, 4.69) is 24.5 Å². The van der Waals surface area contributed by atoms with Crippen molar-refractivity contribution < 1.29 is 9.53 Å². The van der Waals surface area contributed by atoms with Crippen LogP contribution in [0.15, 0.2) is 42.5 Å². The van der Waals surface area contributed by atoms with E-state index in [1.807, 2.05) is 18.2 Å². The van der Waals surface area contributed by atoms with E-state index in [9.17, 15) is 4.79 Å². The molecule has 0 aromatic heterocycles. The van der Waals surface area contributed by atoms with Gasteiger partial charge in [0, 0.05) is 5.02 Å². The monoisotopic (exact) mass is 366 g/mol. The van der Waals surface area contributed by atoms with Crippen molar-refractivity contribution in [3.05, 3.63) is 52.5 Å². The summed E-state index contributed by atoms with van der Waals surface area (Å²) in [4.78, 5) is 12.2. The normalized spacial score (nSPS) is 10.5. The lowest BCUT2D eigenvalue weighted by atomic mass is 10.2. The van der Waals surface area contributed by atoms with Crippen LogP contribution in [0.1, 0.15) is 13.8 Å². The smallest absolute Gasteiger partial charge is 0.243 e. The first-order valence-corrected chi connectivity index (χ1v) is 8.42. The molecule has 0 radical (unpaired) electrons. The Kier molecular flexibility index (Phi) is 6.76. The minimum absolute atomic E-state index is 0.0680. The van der Waals surface area contributed by atoms with E-state index in [1.165, 1.54) is 0 Å². The van der Waals surface area contributed by atoms with E-state index in [1.54, 1.807) is 24.3 Å². The van der Waals surface area contributed by atoms with Crippen molar-refractivity contribution in [2.24, 2.45) is 5.92 Å². The highest BCUT2D eigenvalue weighted by Crippen LogP contribution is 2.26. The minimum Gasteiger partial charge on any atom is -0.491 e. The fraction of sp³-hybridized carbons (Fsp3) is 0.278. The third kappa shape index (κ3) is 5.62.